The van der Waals surface area contributed by atoms with Crippen LogP contribution in [0.1, 0.15) is 26.7 Å². The first kappa shape index (κ1) is 16.2. The molecule has 0 aromatic rings. The molecule has 0 aromatic carbocycles. The van der Waals surface area contributed by atoms with Crippen LogP contribution in [0.2, 0.25) is 0 Å². The summed E-state index contributed by atoms with van der Waals surface area (Å²) in [6.45, 7) is 4.46. The summed E-state index contributed by atoms with van der Waals surface area (Å²) in [6, 6.07) is -2.14. The molecule has 0 radical (unpaired) electrons. The summed E-state index contributed by atoms with van der Waals surface area (Å²) in [4.78, 5) is 35.2. The lowest BCUT2D eigenvalue weighted by Gasteiger charge is -2.38. The number of carboxylic acids is 2. The summed E-state index contributed by atoms with van der Waals surface area (Å²) in [6.07, 6.45) is -0.111. The molecular formula is C12H20N2O6. The van der Waals surface area contributed by atoms with Crippen molar-refractivity contribution in [2.24, 2.45) is 0 Å². The molecule has 1 heterocycles. The van der Waals surface area contributed by atoms with Crippen LogP contribution in [0.25, 0.3) is 0 Å². The van der Waals surface area contributed by atoms with Crippen LogP contribution in [0.4, 0.5) is 4.79 Å². The van der Waals surface area contributed by atoms with Crippen molar-refractivity contribution in [3.8, 4) is 0 Å². The Labute approximate surface area is 116 Å². The van der Waals surface area contributed by atoms with Crippen molar-refractivity contribution in [3.05, 3.63) is 0 Å². The number of carbonyl (C=O) groups excluding carboxylic acids is 1. The number of nitrogens with one attached hydrogen (secondary N) is 1. The second kappa shape index (κ2) is 7.09. The Morgan fingerprint density at radius 3 is 2.55 bits per heavy atom. The van der Waals surface area contributed by atoms with Gasteiger partial charge in [-0.2, -0.15) is 0 Å². The number of urea groups is 1. The van der Waals surface area contributed by atoms with Crippen molar-refractivity contribution >= 4 is 18.0 Å². The van der Waals surface area contributed by atoms with E-state index in [0.717, 1.165) is 0 Å². The fourth-order valence-electron chi connectivity index (χ4n) is 2.04. The Morgan fingerprint density at radius 2 is 2.05 bits per heavy atom. The van der Waals surface area contributed by atoms with Gasteiger partial charge in [-0.05, 0) is 13.3 Å². The van der Waals surface area contributed by atoms with Gasteiger partial charge in [-0.15, -0.1) is 0 Å². The molecule has 3 N–H and O–H groups in total. The minimum atomic E-state index is -1.43. The molecule has 0 bridgehead atoms. The van der Waals surface area contributed by atoms with Crippen LogP contribution in [0.5, 0.6) is 0 Å². The van der Waals surface area contributed by atoms with Crippen LogP contribution in [0, 0.1) is 0 Å². The second-order valence-corrected chi connectivity index (χ2v) is 4.80. The average Bonchev–Trinajstić information content (AvgIpc) is 2.37. The van der Waals surface area contributed by atoms with E-state index in [1.165, 1.54) is 4.90 Å². The van der Waals surface area contributed by atoms with E-state index in [-0.39, 0.29) is 12.1 Å². The van der Waals surface area contributed by atoms with E-state index in [4.69, 9.17) is 14.9 Å². The molecule has 1 fully saturated rings. The molecule has 114 valence electrons. The quantitative estimate of drug-likeness (QED) is 0.662. The standard InChI is InChI=1S/C12H20N2O6/c1-3-8-6-20-7(2)5-14(8)12(19)13-9(11(17)18)4-10(15)16/h7-9H,3-6H2,1-2H3,(H,13,19)(H,15,16)(H,17,18). The predicted molar refractivity (Wildman–Crippen MR) is 68.4 cm³/mol. The molecule has 3 unspecified atom stereocenters. The number of ether oxygens (including phenoxy) is 1. The number of carbonyl (C=O) groups is 3. The van der Waals surface area contributed by atoms with Crippen LogP contribution in [0.3, 0.4) is 0 Å². The van der Waals surface area contributed by atoms with Gasteiger partial charge in [-0.3, -0.25) is 4.79 Å². The number of nitrogens with zero attached hydrogens (tertiary/aromatic N) is 1. The molecule has 0 spiro atoms. The third-order valence-corrected chi connectivity index (χ3v) is 3.17. The molecule has 3 atom stereocenters. The molecular weight excluding hydrogens is 268 g/mol. The van der Waals surface area contributed by atoms with Gasteiger partial charge in [0.2, 0.25) is 0 Å². The van der Waals surface area contributed by atoms with Crippen molar-refractivity contribution in [2.45, 2.75) is 44.9 Å². The summed E-state index contributed by atoms with van der Waals surface area (Å²) in [5, 5.41) is 19.8. The maximum atomic E-state index is 12.1. The zero-order valence-electron chi connectivity index (χ0n) is 11.5. The number of hydrogen-bond donors (Lipinski definition) is 3. The molecule has 1 aliphatic heterocycles. The van der Waals surface area contributed by atoms with Gasteiger partial charge in [0.1, 0.15) is 6.04 Å². The highest BCUT2D eigenvalue weighted by molar-refractivity contribution is 5.86. The average molecular weight is 288 g/mol. The second-order valence-electron chi connectivity index (χ2n) is 4.80. The minimum Gasteiger partial charge on any atom is -0.481 e. The van der Waals surface area contributed by atoms with Gasteiger partial charge >= 0.3 is 18.0 Å². The van der Waals surface area contributed by atoms with E-state index in [1.54, 1.807) is 0 Å². The Hall–Kier alpha value is -1.83. The van der Waals surface area contributed by atoms with Gasteiger partial charge in [0, 0.05) is 6.54 Å². The first-order chi connectivity index (χ1) is 9.35. The van der Waals surface area contributed by atoms with E-state index >= 15 is 0 Å². The maximum absolute atomic E-state index is 12.1. The number of morpholine rings is 1. The molecule has 2 amide bonds. The normalized spacial score (nSPS) is 24.0. The molecule has 1 saturated heterocycles. The third-order valence-electron chi connectivity index (χ3n) is 3.17. The van der Waals surface area contributed by atoms with Gasteiger partial charge in [0.05, 0.1) is 25.2 Å². The van der Waals surface area contributed by atoms with E-state index in [2.05, 4.69) is 5.32 Å². The summed E-state index contributed by atoms with van der Waals surface area (Å²) in [7, 11) is 0. The SMILES string of the molecule is CCC1COC(C)CN1C(=O)NC(CC(=O)O)C(=O)O. The smallest absolute Gasteiger partial charge is 0.326 e. The number of carboxylic acid groups (broad SMARTS) is 2. The van der Waals surface area contributed by atoms with Crippen LogP contribution < -0.4 is 5.32 Å². The molecule has 0 aliphatic carbocycles. The Morgan fingerprint density at radius 1 is 1.40 bits per heavy atom. The van der Waals surface area contributed by atoms with Crippen LogP contribution >= 0.6 is 0 Å². The summed E-state index contributed by atoms with van der Waals surface area (Å²) in [5.41, 5.74) is 0. The van der Waals surface area contributed by atoms with Crippen molar-refractivity contribution in [1.82, 2.24) is 10.2 Å². The lowest BCUT2D eigenvalue weighted by atomic mass is 10.1. The molecule has 1 aliphatic rings. The molecule has 0 saturated carbocycles. The fraction of sp³-hybridized carbons (Fsp3) is 0.750. The van der Waals surface area contributed by atoms with Gasteiger partial charge in [-0.1, -0.05) is 6.92 Å². The lowest BCUT2D eigenvalue weighted by Crippen LogP contribution is -2.57. The van der Waals surface area contributed by atoms with E-state index in [1.807, 2.05) is 13.8 Å². The monoisotopic (exact) mass is 288 g/mol. The Balaban J connectivity index is 2.70. The first-order valence-corrected chi connectivity index (χ1v) is 6.48. The van der Waals surface area contributed by atoms with Crippen molar-refractivity contribution in [3.63, 3.8) is 0 Å². The van der Waals surface area contributed by atoms with Gasteiger partial charge in [-0.25, -0.2) is 9.59 Å². The zero-order chi connectivity index (χ0) is 15.3. The summed E-state index contributed by atoms with van der Waals surface area (Å²) in [5.74, 6) is -2.64. The Kier molecular flexibility index (Phi) is 5.75. The van der Waals surface area contributed by atoms with Crippen LogP contribution in [0.15, 0.2) is 0 Å². The van der Waals surface area contributed by atoms with Crippen LogP contribution in [-0.4, -0.2) is 64.4 Å². The summed E-state index contributed by atoms with van der Waals surface area (Å²) >= 11 is 0. The lowest BCUT2D eigenvalue weighted by molar-refractivity contribution is -0.145. The van der Waals surface area contributed by atoms with Crippen molar-refractivity contribution < 1.29 is 29.3 Å². The fourth-order valence-corrected chi connectivity index (χ4v) is 2.04. The predicted octanol–water partition coefficient (Wildman–Crippen LogP) is 0.123. The first-order valence-electron chi connectivity index (χ1n) is 6.48. The van der Waals surface area contributed by atoms with Gasteiger partial charge < -0.3 is 25.2 Å². The summed E-state index contributed by atoms with van der Waals surface area (Å²) < 4.78 is 5.45. The number of rotatable bonds is 5. The van der Waals surface area contributed by atoms with E-state index in [0.29, 0.717) is 19.6 Å². The minimum absolute atomic E-state index is 0.133. The number of amides is 2. The van der Waals surface area contributed by atoms with E-state index < -0.39 is 30.4 Å². The highest BCUT2D eigenvalue weighted by atomic mass is 16.5. The molecule has 8 nitrogen and oxygen atoms in total. The zero-order valence-corrected chi connectivity index (χ0v) is 11.5. The van der Waals surface area contributed by atoms with Crippen LogP contribution in [-0.2, 0) is 14.3 Å². The molecule has 1 rings (SSSR count). The third kappa shape index (κ3) is 4.37. The van der Waals surface area contributed by atoms with Gasteiger partial charge in [0.15, 0.2) is 0 Å². The molecule has 8 heteroatoms. The Bertz CT molecular complexity index is 386. The topological polar surface area (TPSA) is 116 Å². The maximum Gasteiger partial charge on any atom is 0.326 e. The molecule has 20 heavy (non-hydrogen) atoms. The van der Waals surface area contributed by atoms with Gasteiger partial charge in [0.25, 0.3) is 0 Å². The highest BCUT2D eigenvalue weighted by Gasteiger charge is 2.32. The number of aliphatic carboxylic acids is 2. The number of hydrogen-bond acceptors (Lipinski definition) is 4. The van der Waals surface area contributed by atoms with Crippen molar-refractivity contribution in [2.75, 3.05) is 13.2 Å². The van der Waals surface area contributed by atoms with E-state index in [9.17, 15) is 14.4 Å². The largest absolute Gasteiger partial charge is 0.481 e. The molecule has 0 aromatic heterocycles. The highest BCUT2D eigenvalue weighted by Crippen LogP contribution is 2.14. The van der Waals surface area contributed by atoms with Crippen molar-refractivity contribution in [1.29, 1.82) is 0 Å².